The molecule has 0 aliphatic carbocycles. The lowest BCUT2D eigenvalue weighted by atomic mass is 10.1. The Kier molecular flexibility index (Phi) is 4.95. The number of halogens is 1. The van der Waals surface area contributed by atoms with Gasteiger partial charge in [0.1, 0.15) is 5.75 Å². The van der Waals surface area contributed by atoms with E-state index in [0.29, 0.717) is 28.7 Å². The molecule has 0 aromatic heterocycles. The zero-order valence-electron chi connectivity index (χ0n) is 14.1. The van der Waals surface area contributed by atoms with Crippen LogP contribution in [0.1, 0.15) is 6.42 Å². The molecule has 5 nitrogen and oxygen atoms in total. The van der Waals surface area contributed by atoms with E-state index < -0.39 is 5.92 Å². The first kappa shape index (κ1) is 17.3. The molecule has 0 saturated carbocycles. The van der Waals surface area contributed by atoms with Gasteiger partial charge in [-0.15, -0.1) is 0 Å². The van der Waals surface area contributed by atoms with Crippen LogP contribution in [0, 0.1) is 5.92 Å². The monoisotopic (exact) mass is 358 g/mol. The number of nitrogens with zero attached hydrogens (tertiary/aromatic N) is 2. The number of methoxy groups -OCH3 is 1. The molecule has 1 saturated heterocycles. The van der Waals surface area contributed by atoms with Crippen LogP contribution in [0.3, 0.4) is 0 Å². The number of ether oxygens (including phenoxy) is 1. The molecule has 2 amide bonds. The Morgan fingerprint density at radius 2 is 2.00 bits per heavy atom. The van der Waals surface area contributed by atoms with Crippen LogP contribution in [-0.2, 0) is 9.59 Å². The van der Waals surface area contributed by atoms with Gasteiger partial charge in [-0.2, -0.15) is 0 Å². The number of hydrogen-bond donors (Lipinski definition) is 0. The van der Waals surface area contributed by atoms with Crippen molar-refractivity contribution in [2.75, 3.05) is 30.5 Å². The Labute approximate surface area is 151 Å². The number of amides is 2. The maximum absolute atomic E-state index is 12.9. The molecule has 0 bridgehead atoms. The SMILES string of the molecule is COc1ccccc1N(C)C(=O)C1CC(=O)N(c2cccc(Cl)c2)C1. The fraction of sp³-hybridized carbons (Fsp3) is 0.263. The molecular formula is C19H19ClN2O3. The predicted molar refractivity (Wildman–Crippen MR) is 98.3 cm³/mol. The van der Waals surface area contributed by atoms with Gasteiger partial charge in [-0.3, -0.25) is 9.59 Å². The van der Waals surface area contributed by atoms with Crippen LogP contribution >= 0.6 is 11.6 Å². The van der Waals surface area contributed by atoms with Crippen LogP contribution in [0.25, 0.3) is 0 Å². The molecule has 1 fully saturated rings. The first-order valence-electron chi connectivity index (χ1n) is 7.97. The van der Waals surface area contributed by atoms with Crippen LogP contribution in [0.2, 0.25) is 5.02 Å². The summed E-state index contributed by atoms with van der Waals surface area (Å²) in [6, 6.07) is 14.4. The van der Waals surface area contributed by atoms with Crippen molar-refractivity contribution in [1.82, 2.24) is 0 Å². The van der Waals surface area contributed by atoms with E-state index >= 15 is 0 Å². The van der Waals surface area contributed by atoms with E-state index in [2.05, 4.69) is 0 Å². The summed E-state index contributed by atoms with van der Waals surface area (Å²) in [6.45, 7) is 0.345. The van der Waals surface area contributed by atoms with E-state index in [0.717, 1.165) is 0 Å². The van der Waals surface area contributed by atoms with Crippen LogP contribution in [0.5, 0.6) is 5.75 Å². The molecule has 1 aliphatic rings. The van der Waals surface area contributed by atoms with Crippen molar-refractivity contribution in [3.05, 3.63) is 53.6 Å². The quantitative estimate of drug-likeness (QED) is 0.842. The van der Waals surface area contributed by atoms with Gasteiger partial charge in [-0.05, 0) is 30.3 Å². The first-order valence-corrected chi connectivity index (χ1v) is 8.35. The summed E-state index contributed by atoms with van der Waals surface area (Å²) in [6.07, 6.45) is 0.185. The maximum Gasteiger partial charge on any atom is 0.232 e. The van der Waals surface area contributed by atoms with Gasteiger partial charge in [0.15, 0.2) is 0 Å². The van der Waals surface area contributed by atoms with Crippen molar-refractivity contribution < 1.29 is 14.3 Å². The predicted octanol–water partition coefficient (Wildman–Crippen LogP) is 3.36. The van der Waals surface area contributed by atoms with Gasteiger partial charge in [0.05, 0.1) is 18.7 Å². The molecule has 0 spiro atoms. The van der Waals surface area contributed by atoms with Crippen molar-refractivity contribution in [3.8, 4) is 5.75 Å². The van der Waals surface area contributed by atoms with E-state index in [4.69, 9.17) is 16.3 Å². The van der Waals surface area contributed by atoms with Crippen LogP contribution in [0.4, 0.5) is 11.4 Å². The fourth-order valence-electron chi connectivity index (χ4n) is 3.07. The smallest absolute Gasteiger partial charge is 0.232 e. The molecule has 1 heterocycles. The topological polar surface area (TPSA) is 49.9 Å². The van der Waals surface area contributed by atoms with Gasteiger partial charge in [0, 0.05) is 30.7 Å². The number of carbonyl (C=O) groups excluding carboxylic acids is 2. The third-order valence-corrected chi connectivity index (χ3v) is 4.61. The van der Waals surface area contributed by atoms with Gasteiger partial charge in [-0.1, -0.05) is 29.8 Å². The standard InChI is InChI=1S/C19H19ClN2O3/c1-21(16-8-3-4-9-17(16)25-2)19(24)13-10-18(23)22(12-13)15-7-5-6-14(20)11-15/h3-9,11,13H,10,12H2,1-2H3. The highest BCUT2D eigenvalue weighted by molar-refractivity contribution is 6.31. The van der Waals surface area contributed by atoms with Crippen molar-refractivity contribution in [1.29, 1.82) is 0 Å². The van der Waals surface area contributed by atoms with Crippen LogP contribution in [0.15, 0.2) is 48.5 Å². The second-order valence-corrected chi connectivity index (χ2v) is 6.39. The van der Waals surface area contributed by atoms with Gasteiger partial charge in [0.25, 0.3) is 0 Å². The maximum atomic E-state index is 12.9. The molecule has 2 aromatic carbocycles. The molecule has 2 aromatic rings. The Hall–Kier alpha value is -2.53. The zero-order chi connectivity index (χ0) is 18.0. The normalized spacial score (nSPS) is 16.8. The number of para-hydroxylation sites is 2. The molecule has 0 radical (unpaired) electrons. The Morgan fingerprint density at radius 3 is 2.72 bits per heavy atom. The third-order valence-electron chi connectivity index (χ3n) is 4.37. The highest BCUT2D eigenvalue weighted by Gasteiger charge is 2.37. The summed E-state index contributed by atoms with van der Waals surface area (Å²) in [5.74, 6) is 0.0344. The molecule has 25 heavy (non-hydrogen) atoms. The lowest BCUT2D eigenvalue weighted by Gasteiger charge is -2.23. The van der Waals surface area contributed by atoms with Gasteiger partial charge >= 0.3 is 0 Å². The van der Waals surface area contributed by atoms with Gasteiger partial charge in [0.2, 0.25) is 11.8 Å². The summed E-state index contributed by atoms with van der Waals surface area (Å²) >= 11 is 6.01. The lowest BCUT2D eigenvalue weighted by Crippen LogP contribution is -2.34. The van der Waals surface area contributed by atoms with E-state index in [1.807, 2.05) is 24.3 Å². The Morgan fingerprint density at radius 1 is 1.24 bits per heavy atom. The van der Waals surface area contributed by atoms with E-state index in [1.165, 1.54) is 0 Å². The minimum atomic E-state index is -0.401. The van der Waals surface area contributed by atoms with Crippen LogP contribution < -0.4 is 14.5 Å². The highest BCUT2D eigenvalue weighted by Crippen LogP contribution is 2.31. The second kappa shape index (κ2) is 7.15. The molecule has 1 atom stereocenters. The average Bonchev–Trinajstić information content (AvgIpc) is 3.02. The minimum absolute atomic E-state index is 0.0750. The van der Waals surface area contributed by atoms with Crippen molar-refractivity contribution in [2.24, 2.45) is 5.92 Å². The van der Waals surface area contributed by atoms with E-state index in [-0.39, 0.29) is 18.2 Å². The molecule has 0 N–H and O–H groups in total. The molecule has 1 aliphatic heterocycles. The molecule has 6 heteroatoms. The molecular weight excluding hydrogens is 340 g/mol. The number of rotatable bonds is 4. The first-order chi connectivity index (χ1) is 12.0. The third kappa shape index (κ3) is 3.46. The summed E-state index contributed by atoms with van der Waals surface area (Å²) in [5.41, 5.74) is 1.40. The highest BCUT2D eigenvalue weighted by atomic mass is 35.5. The van der Waals surface area contributed by atoms with E-state index in [9.17, 15) is 9.59 Å². The number of benzene rings is 2. The summed E-state index contributed by atoms with van der Waals surface area (Å²) in [4.78, 5) is 28.4. The lowest BCUT2D eigenvalue weighted by molar-refractivity contribution is -0.124. The van der Waals surface area contributed by atoms with Gasteiger partial charge in [-0.25, -0.2) is 0 Å². The van der Waals surface area contributed by atoms with Gasteiger partial charge < -0.3 is 14.5 Å². The minimum Gasteiger partial charge on any atom is -0.495 e. The van der Waals surface area contributed by atoms with Crippen molar-refractivity contribution in [2.45, 2.75) is 6.42 Å². The van der Waals surface area contributed by atoms with Crippen molar-refractivity contribution in [3.63, 3.8) is 0 Å². The number of anilines is 2. The molecule has 130 valence electrons. The number of hydrogen-bond acceptors (Lipinski definition) is 3. The summed E-state index contributed by atoms with van der Waals surface area (Å²) in [7, 11) is 3.27. The Balaban J connectivity index is 1.78. The molecule has 1 unspecified atom stereocenters. The average molecular weight is 359 g/mol. The van der Waals surface area contributed by atoms with Crippen LogP contribution in [-0.4, -0.2) is 32.5 Å². The van der Waals surface area contributed by atoms with E-state index in [1.54, 1.807) is 48.2 Å². The fourth-order valence-corrected chi connectivity index (χ4v) is 3.25. The largest absolute Gasteiger partial charge is 0.495 e. The molecule has 3 rings (SSSR count). The summed E-state index contributed by atoms with van der Waals surface area (Å²) in [5, 5.41) is 0.561. The Bertz CT molecular complexity index is 809. The zero-order valence-corrected chi connectivity index (χ0v) is 14.9. The summed E-state index contributed by atoms with van der Waals surface area (Å²) < 4.78 is 5.32. The van der Waals surface area contributed by atoms with Crippen molar-refractivity contribution >= 4 is 34.8 Å². The second-order valence-electron chi connectivity index (χ2n) is 5.95. The number of carbonyl (C=O) groups is 2.